The van der Waals surface area contributed by atoms with Gasteiger partial charge < -0.3 is 10.1 Å². The molecule has 2 rings (SSSR count). The van der Waals surface area contributed by atoms with E-state index < -0.39 is 15.9 Å². The molecular weight excluding hydrogens is 254 g/mol. The number of benzene rings is 1. The monoisotopic (exact) mass is 269 g/mol. The first-order valence-electron chi connectivity index (χ1n) is 5.73. The molecule has 1 aromatic carbocycles. The van der Waals surface area contributed by atoms with Crippen molar-refractivity contribution in [1.82, 2.24) is 5.32 Å². The van der Waals surface area contributed by atoms with E-state index in [0.29, 0.717) is 6.42 Å². The Labute approximate surface area is 106 Å². The number of amides is 1. The molecule has 6 heteroatoms. The Kier molecular flexibility index (Phi) is 3.86. The normalized spacial score (nSPS) is 21.4. The number of carbonyl (C=O) groups is 1. The molecule has 0 aromatic heterocycles. The molecule has 0 radical (unpaired) electrons. The number of alkyl carbamates (subject to hydrolysis) is 1. The molecule has 0 spiro atoms. The molecule has 1 atom stereocenters. The minimum Gasteiger partial charge on any atom is -0.445 e. The van der Waals surface area contributed by atoms with E-state index in [0.717, 1.165) is 5.56 Å². The second kappa shape index (κ2) is 5.39. The van der Waals surface area contributed by atoms with Gasteiger partial charge in [-0.25, -0.2) is 13.2 Å². The summed E-state index contributed by atoms with van der Waals surface area (Å²) in [5.41, 5.74) is 0.895. The van der Waals surface area contributed by atoms with Gasteiger partial charge in [-0.3, -0.25) is 0 Å². The number of ether oxygens (including phenoxy) is 1. The number of rotatable bonds is 3. The van der Waals surface area contributed by atoms with E-state index in [9.17, 15) is 13.2 Å². The summed E-state index contributed by atoms with van der Waals surface area (Å²) >= 11 is 0. The van der Waals surface area contributed by atoms with Gasteiger partial charge in [-0.2, -0.15) is 0 Å². The maximum absolute atomic E-state index is 11.5. The molecule has 1 unspecified atom stereocenters. The predicted octanol–water partition coefficient (Wildman–Crippen LogP) is 1.10. The average Bonchev–Trinajstić information content (AvgIpc) is 2.67. The molecule has 0 bridgehead atoms. The summed E-state index contributed by atoms with van der Waals surface area (Å²) in [5, 5.41) is 2.56. The van der Waals surface area contributed by atoms with Crippen LogP contribution in [0.1, 0.15) is 12.0 Å². The Morgan fingerprint density at radius 1 is 1.33 bits per heavy atom. The van der Waals surface area contributed by atoms with Crippen molar-refractivity contribution in [2.45, 2.75) is 19.1 Å². The molecule has 5 nitrogen and oxygen atoms in total. The summed E-state index contributed by atoms with van der Waals surface area (Å²) < 4.78 is 27.4. The largest absolute Gasteiger partial charge is 0.445 e. The first-order valence-corrected chi connectivity index (χ1v) is 7.55. The lowest BCUT2D eigenvalue weighted by atomic mass is 10.2. The maximum Gasteiger partial charge on any atom is 0.407 e. The number of sulfone groups is 1. The summed E-state index contributed by atoms with van der Waals surface area (Å²) in [6.45, 7) is 0.187. The highest BCUT2D eigenvalue weighted by Gasteiger charge is 2.29. The Morgan fingerprint density at radius 3 is 2.67 bits per heavy atom. The lowest BCUT2D eigenvalue weighted by Crippen LogP contribution is -2.35. The van der Waals surface area contributed by atoms with Crippen molar-refractivity contribution in [2.75, 3.05) is 11.5 Å². The molecule has 1 aliphatic heterocycles. The molecular formula is C12H15NO4S. The third kappa shape index (κ3) is 3.73. The zero-order valence-electron chi connectivity index (χ0n) is 9.83. The van der Waals surface area contributed by atoms with E-state index in [1.807, 2.05) is 30.3 Å². The Hall–Kier alpha value is -1.56. The van der Waals surface area contributed by atoms with Crippen LogP contribution >= 0.6 is 0 Å². The molecule has 0 aliphatic carbocycles. The van der Waals surface area contributed by atoms with E-state index in [4.69, 9.17) is 4.74 Å². The zero-order valence-corrected chi connectivity index (χ0v) is 10.7. The molecule has 1 heterocycles. The Balaban J connectivity index is 1.76. The molecule has 1 amide bonds. The van der Waals surface area contributed by atoms with E-state index in [1.54, 1.807) is 0 Å². The van der Waals surface area contributed by atoms with E-state index in [1.165, 1.54) is 0 Å². The van der Waals surface area contributed by atoms with Crippen LogP contribution in [0.2, 0.25) is 0 Å². The quantitative estimate of drug-likeness (QED) is 0.892. The van der Waals surface area contributed by atoms with Crippen molar-refractivity contribution in [1.29, 1.82) is 0 Å². The standard InChI is InChI=1S/C12H15NO4S/c14-12(13-11-6-7-18(15,16)9-11)17-8-10-4-2-1-3-5-10/h1-5,11H,6-9H2,(H,13,14). The SMILES string of the molecule is O=C(NC1CCS(=O)(=O)C1)OCc1ccccc1. The fourth-order valence-electron chi connectivity index (χ4n) is 1.84. The maximum atomic E-state index is 11.5. The van der Waals surface area contributed by atoms with Gasteiger partial charge in [-0.15, -0.1) is 0 Å². The highest BCUT2D eigenvalue weighted by atomic mass is 32.2. The van der Waals surface area contributed by atoms with Crippen LogP contribution in [0.3, 0.4) is 0 Å². The molecule has 18 heavy (non-hydrogen) atoms. The van der Waals surface area contributed by atoms with E-state index >= 15 is 0 Å². The van der Waals surface area contributed by atoms with Crippen LogP contribution in [0.5, 0.6) is 0 Å². The summed E-state index contributed by atoms with van der Waals surface area (Å²) in [6.07, 6.45) is -0.107. The number of hydrogen-bond acceptors (Lipinski definition) is 4. The smallest absolute Gasteiger partial charge is 0.407 e. The van der Waals surface area contributed by atoms with Crippen LogP contribution < -0.4 is 5.32 Å². The van der Waals surface area contributed by atoms with Gasteiger partial charge in [-0.1, -0.05) is 30.3 Å². The van der Waals surface area contributed by atoms with Crippen molar-refractivity contribution in [3.8, 4) is 0 Å². The first-order chi connectivity index (χ1) is 8.55. The third-order valence-corrected chi connectivity index (χ3v) is 4.54. The summed E-state index contributed by atoms with van der Waals surface area (Å²) in [7, 11) is -2.98. The van der Waals surface area contributed by atoms with Gasteiger partial charge in [0.05, 0.1) is 11.5 Å². The van der Waals surface area contributed by atoms with Crippen LogP contribution in [0.4, 0.5) is 4.79 Å². The lowest BCUT2D eigenvalue weighted by Gasteiger charge is -2.11. The van der Waals surface area contributed by atoms with E-state index in [2.05, 4.69) is 5.32 Å². The summed E-state index contributed by atoms with van der Waals surface area (Å²) in [6, 6.07) is 8.99. The van der Waals surface area contributed by atoms with Gasteiger partial charge in [0.1, 0.15) is 6.61 Å². The molecule has 1 saturated heterocycles. The molecule has 98 valence electrons. The fourth-order valence-corrected chi connectivity index (χ4v) is 3.51. The average molecular weight is 269 g/mol. The molecule has 1 aromatic rings. The molecule has 1 N–H and O–H groups in total. The topological polar surface area (TPSA) is 72.5 Å². The van der Waals surface area contributed by atoms with Crippen LogP contribution in [0.15, 0.2) is 30.3 Å². The van der Waals surface area contributed by atoms with Gasteiger partial charge in [0, 0.05) is 6.04 Å². The fraction of sp³-hybridized carbons (Fsp3) is 0.417. The van der Waals surface area contributed by atoms with Gasteiger partial charge in [0.25, 0.3) is 0 Å². The van der Waals surface area contributed by atoms with Gasteiger partial charge in [0.15, 0.2) is 9.84 Å². The van der Waals surface area contributed by atoms with Crippen LogP contribution in [0.25, 0.3) is 0 Å². The first kappa shape index (κ1) is 12.9. The minimum absolute atomic E-state index is 0.00738. The van der Waals surface area contributed by atoms with Crippen molar-refractivity contribution in [3.63, 3.8) is 0 Å². The Morgan fingerprint density at radius 2 is 2.06 bits per heavy atom. The highest BCUT2D eigenvalue weighted by Crippen LogP contribution is 2.11. The number of hydrogen-bond donors (Lipinski definition) is 1. The highest BCUT2D eigenvalue weighted by molar-refractivity contribution is 7.91. The summed E-state index contributed by atoms with van der Waals surface area (Å²) in [4.78, 5) is 11.5. The van der Waals surface area contributed by atoms with Crippen molar-refractivity contribution in [2.24, 2.45) is 0 Å². The molecule has 1 fully saturated rings. The second-order valence-corrected chi connectivity index (χ2v) is 6.53. The van der Waals surface area contributed by atoms with Gasteiger partial charge >= 0.3 is 6.09 Å². The van der Waals surface area contributed by atoms with Crippen molar-refractivity contribution in [3.05, 3.63) is 35.9 Å². The van der Waals surface area contributed by atoms with Crippen molar-refractivity contribution >= 4 is 15.9 Å². The van der Waals surface area contributed by atoms with Crippen LogP contribution in [-0.2, 0) is 21.2 Å². The molecule has 1 aliphatic rings. The van der Waals surface area contributed by atoms with Gasteiger partial charge in [0.2, 0.25) is 0 Å². The van der Waals surface area contributed by atoms with Crippen LogP contribution in [0, 0.1) is 0 Å². The molecule has 0 saturated carbocycles. The number of nitrogens with one attached hydrogen (secondary N) is 1. The Bertz CT molecular complexity index is 512. The van der Waals surface area contributed by atoms with Gasteiger partial charge in [-0.05, 0) is 12.0 Å². The zero-order chi connectivity index (χ0) is 13.0. The minimum atomic E-state index is -2.98. The predicted molar refractivity (Wildman–Crippen MR) is 66.8 cm³/mol. The van der Waals surface area contributed by atoms with Crippen molar-refractivity contribution < 1.29 is 17.9 Å². The third-order valence-electron chi connectivity index (χ3n) is 2.77. The second-order valence-electron chi connectivity index (χ2n) is 4.31. The number of carbonyl (C=O) groups excluding carboxylic acids is 1. The van der Waals surface area contributed by atoms with Crippen LogP contribution in [-0.4, -0.2) is 32.1 Å². The lowest BCUT2D eigenvalue weighted by molar-refractivity contribution is 0.136. The summed E-state index contributed by atoms with van der Waals surface area (Å²) in [5.74, 6) is 0.143. The van der Waals surface area contributed by atoms with E-state index in [-0.39, 0.29) is 24.2 Å².